The van der Waals surface area contributed by atoms with Gasteiger partial charge in [0.1, 0.15) is 0 Å². The average molecular weight is 239 g/mol. The Morgan fingerprint density at radius 2 is 2.12 bits per heavy atom. The van der Waals surface area contributed by atoms with E-state index in [4.69, 9.17) is 0 Å². The van der Waals surface area contributed by atoms with E-state index < -0.39 is 6.10 Å². The highest BCUT2D eigenvalue weighted by Gasteiger charge is 2.42. The summed E-state index contributed by atoms with van der Waals surface area (Å²) in [7, 11) is 0. The smallest absolute Gasteiger partial charge is 0.223 e. The fourth-order valence-electron chi connectivity index (χ4n) is 3.54. The van der Waals surface area contributed by atoms with Crippen molar-refractivity contribution in [3.05, 3.63) is 0 Å². The molecule has 4 unspecified atom stereocenters. The van der Waals surface area contributed by atoms with E-state index in [1.54, 1.807) is 0 Å². The van der Waals surface area contributed by atoms with Crippen molar-refractivity contribution >= 4 is 5.91 Å². The van der Waals surface area contributed by atoms with E-state index in [1.165, 1.54) is 19.3 Å². The van der Waals surface area contributed by atoms with Crippen LogP contribution in [-0.4, -0.2) is 23.7 Å². The van der Waals surface area contributed by atoms with Crippen LogP contribution in [0.5, 0.6) is 0 Å². The SMILES string of the molecule is CC(C)CC(O)CNC(=O)C1CC2CCC1C2. The van der Waals surface area contributed by atoms with E-state index >= 15 is 0 Å². The molecule has 0 aromatic heterocycles. The number of carbonyl (C=O) groups excluding carboxylic acids is 1. The normalized spacial score (nSPS) is 33.1. The zero-order valence-corrected chi connectivity index (χ0v) is 11.0. The Balaban J connectivity index is 1.71. The van der Waals surface area contributed by atoms with Gasteiger partial charge in [-0.2, -0.15) is 0 Å². The molecule has 4 atom stereocenters. The minimum absolute atomic E-state index is 0.181. The minimum Gasteiger partial charge on any atom is -0.391 e. The van der Waals surface area contributed by atoms with Crippen molar-refractivity contribution in [3.8, 4) is 0 Å². The van der Waals surface area contributed by atoms with Crippen LogP contribution in [0.2, 0.25) is 0 Å². The Morgan fingerprint density at radius 3 is 2.65 bits per heavy atom. The number of aliphatic hydroxyl groups is 1. The van der Waals surface area contributed by atoms with Crippen molar-refractivity contribution in [2.45, 2.75) is 52.1 Å². The Bertz CT molecular complexity index is 277. The molecule has 0 aliphatic heterocycles. The highest BCUT2D eigenvalue weighted by molar-refractivity contribution is 5.79. The summed E-state index contributed by atoms with van der Waals surface area (Å²) in [6, 6.07) is 0. The van der Waals surface area contributed by atoms with Gasteiger partial charge in [-0.1, -0.05) is 20.3 Å². The number of fused-ring (bicyclic) bond motifs is 2. The predicted molar refractivity (Wildman–Crippen MR) is 67.4 cm³/mol. The highest BCUT2D eigenvalue weighted by atomic mass is 16.3. The van der Waals surface area contributed by atoms with Crippen LogP contribution >= 0.6 is 0 Å². The fourth-order valence-corrected chi connectivity index (χ4v) is 3.54. The van der Waals surface area contributed by atoms with Gasteiger partial charge in [-0.15, -0.1) is 0 Å². The Labute approximate surface area is 104 Å². The van der Waals surface area contributed by atoms with E-state index in [0.717, 1.165) is 18.8 Å². The lowest BCUT2D eigenvalue weighted by Crippen LogP contribution is -2.38. The van der Waals surface area contributed by atoms with Crippen molar-refractivity contribution in [1.82, 2.24) is 5.32 Å². The summed E-state index contributed by atoms with van der Waals surface area (Å²) in [5.41, 5.74) is 0. The van der Waals surface area contributed by atoms with E-state index in [0.29, 0.717) is 18.4 Å². The first-order chi connectivity index (χ1) is 8.06. The first kappa shape index (κ1) is 12.9. The number of hydrogen-bond donors (Lipinski definition) is 2. The Hall–Kier alpha value is -0.570. The molecule has 2 N–H and O–H groups in total. The lowest BCUT2D eigenvalue weighted by molar-refractivity contribution is -0.127. The van der Waals surface area contributed by atoms with Gasteiger partial charge in [-0.05, 0) is 43.4 Å². The molecular formula is C14H25NO2. The van der Waals surface area contributed by atoms with Gasteiger partial charge in [0.05, 0.1) is 6.10 Å². The molecule has 0 aromatic carbocycles. The largest absolute Gasteiger partial charge is 0.391 e. The molecule has 2 fully saturated rings. The van der Waals surface area contributed by atoms with E-state index in [9.17, 15) is 9.90 Å². The number of hydrogen-bond acceptors (Lipinski definition) is 2. The molecule has 2 saturated carbocycles. The van der Waals surface area contributed by atoms with Gasteiger partial charge in [-0.25, -0.2) is 0 Å². The summed E-state index contributed by atoms with van der Waals surface area (Å²) in [6.07, 6.45) is 5.26. The zero-order chi connectivity index (χ0) is 12.4. The van der Waals surface area contributed by atoms with Crippen molar-refractivity contribution in [3.63, 3.8) is 0 Å². The lowest BCUT2D eigenvalue weighted by Gasteiger charge is -2.22. The first-order valence-corrected chi connectivity index (χ1v) is 7.02. The number of carbonyl (C=O) groups is 1. The molecule has 2 bridgehead atoms. The third-order valence-electron chi connectivity index (χ3n) is 4.33. The summed E-state index contributed by atoms with van der Waals surface area (Å²) in [5, 5.41) is 12.7. The number of nitrogens with one attached hydrogen (secondary N) is 1. The zero-order valence-electron chi connectivity index (χ0n) is 11.0. The maximum absolute atomic E-state index is 12.0. The molecule has 2 aliphatic rings. The highest BCUT2D eigenvalue weighted by Crippen LogP contribution is 2.48. The minimum atomic E-state index is -0.391. The fraction of sp³-hybridized carbons (Fsp3) is 0.929. The molecule has 0 radical (unpaired) electrons. The van der Waals surface area contributed by atoms with Crippen molar-refractivity contribution in [2.75, 3.05) is 6.54 Å². The van der Waals surface area contributed by atoms with Crippen molar-refractivity contribution in [2.24, 2.45) is 23.7 Å². The van der Waals surface area contributed by atoms with Crippen LogP contribution in [0.1, 0.15) is 46.0 Å². The van der Waals surface area contributed by atoms with Crippen LogP contribution < -0.4 is 5.32 Å². The molecule has 0 spiro atoms. The Kier molecular flexibility index (Phi) is 4.08. The van der Waals surface area contributed by atoms with Crippen LogP contribution in [-0.2, 0) is 4.79 Å². The topological polar surface area (TPSA) is 49.3 Å². The van der Waals surface area contributed by atoms with Gasteiger partial charge < -0.3 is 10.4 Å². The summed E-state index contributed by atoms with van der Waals surface area (Å²) in [5.74, 6) is 2.32. The van der Waals surface area contributed by atoms with Gasteiger partial charge in [-0.3, -0.25) is 4.79 Å². The molecule has 3 heteroatoms. The van der Waals surface area contributed by atoms with Gasteiger partial charge in [0, 0.05) is 12.5 Å². The molecule has 0 heterocycles. The van der Waals surface area contributed by atoms with Gasteiger partial charge in [0.2, 0.25) is 5.91 Å². The Morgan fingerprint density at radius 1 is 1.35 bits per heavy atom. The average Bonchev–Trinajstić information content (AvgIpc) is 2.86. The monoisotopic (exact) mass is 239 g/mol. The standard InChI is InChI=1S/C14H25NO2/c1-9(2)5-12(16)8-15-14(17)13-7-10-3-4-11(13)6-10/h9-13,16H,3-8H2,1-2H3,(H,15,17). The van der Waals surface area contributed by atoms with Crippen LogP contribution in [0.3, 0.4) is 0 Å². The van der Waals surface area contributed by atoms with E-state index in [2.05, 4.69) is 19.2 Å². The molecular weight excluding hydrogens is 214 g/mol. The molecule has 0 saturated heterocycles. The second kappa shape index (κ2) is 5.38. The van der Waals surface area contributed by atoms with Gasteiger partial charge in [0.25, 0.3) is 0 Å². The summed E-state index contributed by atoms with van der Waals surface area (Å²) >= 11 is 0. The molecule has 1 amide bonds. The molecule has 98 valence electrons. The molecule has 17 heavy (non-hydrogen) atoms. The second-order valence-electron chi connectivity index (χ2n) is 6.31. The lowest BCUT2D eigenvalue weighted by atomic mass is 9.88. The maximum atomic E-state index is 12.0. The third kappa shape index (κ3) is 3.21. The van der Waals surface area contributed by atoms with Gasteiger partial charge >= 0.3 is 0 Å². The third-order valence-corrected chi connectivity index (χ3v) is 4.33. The number of aliphatic hydroxyl groups excluding tert-OH is 1. The molecule has 0 aromatic rings. The number of rotatable bonds is 5. The van der Waals surface area contributed by atoms with Crippen LogP contribution in [0, 0.1) is 23.7 Å². The van der Waals surface area contributed by atoms with E-state index in [-0.39, 0.29) is 11.8 Å². The van der Waals surface area contributed by atoms with Crippen LogP contribution in [0.4, 0.5) is 0 Å². The second-order valence-corrected chi connectivity index (χ2v) is 6.31. The predicted octanol–water partition coefficient (Wildman–Crippen LogP) is 1.95. The maximum Gasteiger partial charge on any atom is 0.223 e. The number of amides is 1. The molecule has 2 aliphatic carbocycles. The molecule has 3 nitrogen and oxygen atoms in total. The summed E-state index contributed by atoms with van der Waals surface area (Å²) < 4.78 is 0. The van der Waals surface area contributed by atoms with Crippen LogP contribution in [0.15, 0.2) is 0 Å². The molecule has 2 rings (SSSR count). The summed E-state index contributed by atoms with van der Waals surface area (Å²) in [6.45, 7) is 4.59. The van der Waals surface area contributed by atoms with Gasteiger partial charge in [0.15, 0.2) is 0 Å². The quantitative estimate of drug-likeness (QED) is 0.770. The first-order valence-electron chi connectivity index (χ1n) is 7.02. The van der Waals surface area contributed by atoms with Crippen molar-refractivity contribution < 1.29 is 9.90 Å². The van der Waals surface area contributed by atoms with E-state index in [1.807, 2.05) is 0 Å². The van der Waals surface area contributed by atoms with Crippen LogP contribution in [0.25, 0.3) is 0 Å². The summed E-state index contributed by atoms with van der Waals surface area (Å²) in [4.78, 5) is 12.0. The van der Waals surface area contributed by atoms with Crippen molar-refractivity contribution in [1.29, 1.82) is 0 Å².